The molecule has 1 N–H and O–H groups in total. The van der Waals surface area contributed by atoms with E-state index in [-0.39, 0.29) is 17.3 Å². The minimum atomic E-state index is -1.09. The van der Waals surface area contributed by atoms with Crippen molar-refractivity contribution in [1.82, 2.24) is 19.7 Å². The minimum absolute atomic E-state index is 0.0251. The summed E-state index contributed by atoms with van der Waals surface area (Å²) in [5.41, 5.74) is 4.72. The first-order valence-electron chi connectivity index (χ1n) is 10.8. The standard InChI is InChI=1S/C25H26FN5O2/c1-5-30(4)23-20-11-17(9-10-19-15(2)7-6-8-16(19)3)21(26)12-22(20)28-25(29-23)31-14-18(13-27-31)24(32)33/h6-8,11-14H,5,9-10H2,1-4H3,(H,32,33). The molecule has 0 aliphatic rings. The maximum Gasteiger partial charge on any atom is 0.338 e. The fraction of sp³-hybridized carbons (Fsp3) is 0.280. The van der Waals surface area contributed by atoms with Crippen molar-refractivity contribution in [2.45, 2.75) is 33.6 Å². The van der Waals surface area contributed by atoms with Crippen molar-refractivity contribution in [1.29, 1.82) is 0 Å². The molecule has 0 aliphatic carbocycles. The van der Waals surface area contributed by atoms with Crippen LogP contribution in [0.15, 0.2) is 42.7 Å². The lowest BCUT2D eigenvalue weighted by Gasteiger charge is -2.19. The van der Waals surface area contributed by atoms with Crippen LogP contribution < -0.4 is 4.90 Å². The van der Waals surface area contributed by atoms with Crippen LogP contribution in [0.5, 0.6) is 0 Å². The van der Waals surface area contributed by atoms with Crippen molar-refractivity contribution in [3.05, 3.63) is 76.4 Å². The molecule has 4 aromatic rings. The Morgan fingerprint density at radius 2 is 1.88 bits per heavy atom. The first kappa shape index (κ1) is 22.4. The quantitative estimate of drug-likeness (QED) is 0.449. The number of aryl methyl sites for hydroxylation is 3. The number of halogens is 1. The Morgan fingerprint density at radius 3 is 2.52 bits per heavy atom. The third kappa shape index (κ3) is 4.41. The minimum Gasteiger partial charge on any atom is -0.478 e. The first-order chi connectivity index (χ1) is 15.8. The molecule has 0 unspecified atom stereocenters. The number of aromatic carboxylic acids is 1. The van der Waals surface area contributed by atoms with E-state index in [1.165, 1.54) is 39.8 Å². The van der Waals surface area contributed by atoms with Crippen LogP contribution in [0.1, 0.15) is 39.5 Å². The van der Waals surface area contributed by atoms with Crippen LogP contribution in [0, 0.1) is 19.7 Å². The van der Waals surface area contributed by atoms with E-state index in [0.29, 0.717) is 29.9 Å². The molecule has 8 heteroatoms. The third-order valence-corrected chi connectivity index (χ3v) is 5.99. The summed E-state index contributed by atoms with van der Waals surface area (Å²) >= 11 is 0. The van der Waals surface area contributed by atoms with Crippen molar-refractivity contribution in [3.8, 4) is 5.95 Å². The van der Waals surface area contributed by atoms with Crippen LogP contribution >= 0.6 is 0 Å². The topological polar surface area (TPSA) is 84.1 Å². The van der Waals surface area contributed by atoms with Gasteiger partial charge < -0.3 is 10.0 Å². The van der Waals surface area contributed by atoms with Gasteiger partial charge in [0.25, 0.3) is 5.95 Å². The highest BCUT2D eigenvalue weighted by Gasteiger charge is 2.17. The second-order valence-electron chi connectivity index (χ2n) is 8.17. The molecule has 2 aromatic carbocycles. The van der Waals surface area contributed by atoms with Gasteiger partial charge in [-0.15, -0.1) is 0 Å². The van der Waals surface area contributed by atoms with Gasteiger partial charge in [0.2, 0.25) is 0 Å². The van der Waals surface area contributed by atoms with Gasteiger partial charge in [0, 0.05) is 31.2 Å². The van der Waals surface area contributed by atoms with Crippen molar-refractivity contribution in [3.63, 3.8) is 0 Å². The van der Waals surface area contributed by atoms with Gasteiger partial charge >= 0.3 is 5.97 Å². The summed E-state index contributed by atoms with van der Waals surface area (Å²) in [6.07, 6.45) is 3.88. The SMILES string of the molecule is CCN(C)c1nc(-n2cc(C(=O)O)cn2)nc2cc(F)c(CCc3c(C)cccc3C)cc12. The average molecular weight is 448 g/mol. The highest BCUT2D eigenvalue weighted by Crippen LogP contribution is 2.28. The molecule has 4 rings (SSSR count). The van der Waals surface area contributed by atoms with Gasteiger partial charge in [0.05, 0.1) is 17.3 Å². The summed E-state index contributed by atoms with van der Waals surface area (Å²) in [7, 11) is 1.90. The van der Waals surface area contributed by atoms with E-state index >= 15 is 4.39 Å². The molecule has 0 aliphatic heterocycles. The number of carboxylic acids is 1. The number of carbonyl (C=O) groups is 1. The zero-order chi connectivity index (χ0) is 23.7. The lowest BCUT2D eigenvalue weighted by molar-refractivity contribution is 0.0697. The third-order valence-electron chi connectivity index (χ3n) is 5.99. The van der Waals surface area contributed by atoms with E-state index in [1.54, 1.807) is 0 Å². The van der Waals surface area contributed by atoms with Gasteiger partial charge in [-0.05, 0) is 61.9 Å². The fourth-order valence-electron chi connectivity index (χ4n) is 3.95. The molecule has 0 radical (unpaired) electrons. The molecule has 2 heterocycles. The lowest BCUT2D eigenvalue weighted by Crippen LogP contribution is -2.19. The Morgan fingerprint density at radius 1 is 1.15 bits per heavy atom. The van der Waals surface area contributed by atoms with Gasteiger partial charge in [-0.25, -0.2) is 18.9 Å². The predicted octanol–water partition coefficient (Wildman–Crippen LogP) is 4.51. The van der Waals surface area contributed by atoms with Gasteiger partial charge in [-0.1, -0.05) is 18.2 Å². The molecule has 0 amide bonds. The zero-order valence-corrected chi connectivity index (χ0v) is 19.1. The van der Waals surface area contributed by atoms with Gasteiger partial charge in [-0.2, -0.15) is 10.1 Å². The Kier molecular flexibility index (Phi) is 6.09. The molecule has 33 heavy (non-hydrogen) atoms. The number of nitrogens with zero attached hydrogens (tertiary/aromatic N) is 5. The Hall–Kier alpha value is -3.81. The van der Waals surface area contributed by atoms with E-state index in [9.17, 15) is 9.90 Å². The van der Waals surface area contributed by atoms with Crippen LogP contribution in [0.2, 0.25) is 0 Å². The Labute approximate surface area is 191 Å². The summed E-state index contributed by atoms with van der Waals surface area (Å²) in [4.78, 5) is 22.3. The lowest BCUT2D eigenvalue weighted by atomic mass is 9.96. The van der Waals surface area contributed by atoms with Crippen LogP contribution in [0.25, 0.3) is 16.9 Å². The number of rotatable bonds is 7. The van der Waals surface area contributed by atoms with Crippen LogP contribution in [0.4, 0.5) is 10.2 Å². The number of hydrogen-bond donors (Lipinski definition) is 1. The molecule has 0 fully saturated rings. The summed E-state index contributed by atoms with van der Waals surface area (Å²) in [6, 6.07) is 9.44. The molecule has 0 atom stereocenters. The van der Waals surface area contributed by atoms with Crippen molar-refractivity contribution < 1.29 is 14.3 Å². The van der Waals surface area contributed by atoms with Gasteiger partial charge in [-0.3, -0.25) is 0 Å². The number of fused-ring (bicyclic) bond motifs is 1. The summed E-state index contributed by atoms with van der Waals surface area (Å²) in [5, 5.41) is 14.0. The molecule has 0 saturated carbocycles. The molecule has 0 saturated heterocycles. The summed E-state index contributed by atoms with van der Waals surface area (Å²) < 4.78 is 16.4. The normalized spacial score (nSPS) is 11.2. The average Bonchev–Trinajstić information content (AvgIpc) is 3.28. The van der Waals surface area contributed by atoms with E-state index < -0.39 is 5.97 Å². The zero-order valence-electron chi connectivity index (χ0n) is 19.1. The number of carboxylic acid groups (broad SMARTS) is 1. The smallest absolute Gasteiger partial charge is 0.338 e. The molecule has 2 aromatic heterocycles. The number of benzene rings is 2. The van der Waals surface area contributed by atoms with Crippen LogP contribution in [-0.4, -0.2) is 44.4 Å². The molecule has 0 bridgehead atoms. The van der Waals surface area contributed by atoms with E-state index in [1.807, 2.05) is 31.0 Å². The van der Waals surface area contributed by atoms with Crippen LogP contribution in [0.3, 0.4) is 0 Å². The Bertz CT molecular complexity index is 1330. The summed E-state index contributed by atoms with van der Waals surface area (Å²) in [5.74, 6) is -0.589. The maximum atomic E-state index is 15.1. The molecular formula is C25H26FN5O2. The fourth-order valence-corrected chi connectivity index (χ4v) is 3.95. The first-order valence-corrected chi connectivity index (χ1v) is 10.8. The number of hydrogen-bond acceptors (Lipinski definition) is 5. The molecule has 170 valence electrons. The van der Waals surface area contributed by atoms with Crippen molar-refractivity contribution in [2.24, 2.45) is 0 Å². The monoisotopic (exact) mass is 447 g/mol. The molecular weight excluding hydrogens is 421 g/mol. The second kappa shape index (κ2) is 8.97. The van der Waals surface area contributed by atoms with Gasteiger partial charge in [0.1, 0.15) is 11.6 Å². The largest absolute Gasteiger partial charge is 0.478 e. The molecule has 0 spiro atoms. The predicted molar refractivity (Wildman–Crippen MR) is 126 cm³/mol. The Balaban J connectivity index is 1.77. The highest BCUT2D eigenvalue weighted by atomic mass is 19.1. The highest BCUT2D eigenvalue weighted by molar-refractivity contribution is 5.91. The van der Waals surface area contributed by atoms with E-state index in [4.69, 9.17) is 0 Å². The number of aromatic nitrogens is 4. The van der Waals surface area contributed by atoms with Crippen LogP contribution in [-0.2, 0) is 12.8 Å². The van der Waals surface area contributed by atoms with Gasteiger partial charge in [0.15, 0.2) is 0 Å². The maximum absolute atomic E-state index is 15.1. The summed E-state index contributed by atoms with van der Waals surface area (Å²) in [6.45, 7) is 6.83. The second-order valence-corrected chi connectivity index (χ2v) is 8.17. The van der Waals surface area contributed by atoms with E-state index in [2.05, 4.69) is 41.0 Å². The van der Waals surface area contributed by atoms with Crippen molar-refractivity contribution >= 4 is 22.7 Å². The molecule has 7 nitrogen and oxygen atoms in total. The number of anilines is 1. The van der Waals surface area contributed by atoms with E-state index in [0.717, 1.165) is 11.8 Å². The van der Waals surface area contributed by atoms with Crippen molar-refractivity contribution in [2.75, 3.05) is 18.5 Å².